The molecule has 110 valence electrons. The Morgan fingerprint density at radius 3 is 2.52 bits per heavy atom. The second-order valence-electron chi connectivity index (χ2n) is 4.78. The summed E-state index contributed by atoms with van der Waals surface area (Å²) in [6.07, 6.45) is 0. The van der Waals surface area contributed by atoms with Crippen LogP contribution in [0, 0.1) is 35.6 Å². The van der Waals surface area contributed by atoms with Gasteiger partial charge in [0.2, 0.25) is 0 Å². The fourth-order valence-corrected chi connectivity index (χ4v) is 1.97. The molecule has 0 bridgehead atoms. The third-order valence-electron chi connectivity index (χ3n) is 3.31. The van der Waals surface area contributed by atoms with Crippen molar-refractivity contribution in [2.24, 2.45) is 0 Å². The molecule has 0 amide bonds. The normalized spacial score (nSPS) is 10.5. The van der Waals surface area contributed by atoms with E-state index in [1.165, 1.54) is 18.2 Å². The number of rotatable bonds is 4. The monoisotopic (exact) mass is 292 g/mol. The molecule has 0 spiro atoms. The minimum atomic E-state index is -0.948. The van der Waals surface area contributed by atoms with E-state index in [-0.39, 0.29) is 23.5 Å². The van der Waals surface area contributed by atoms with Crippen LogP contribution in [-0.4, -0.2) is 4.92 Å². The molecule has 2 aromatic rings. The van der Waals surface area contributed by atoms with Crippen LogP contribution in [-0.2, 0) is 6.54 Å². The SMILES string of the molecule is Cc1cc(NCc2cccc(F)c2F)c([N+](=O)[O-])cc1C. The molecule has 0 aliphatic heterocycles. The highest BCUT2D eigenvalue weighted by Gasteiger charge is 2.16. The van der Waals surface area contributed by atoms with Gasteiger partial charge in [-0.1, -0.05) is 12.1 Å². The fourth-order valence-electron chi connectivity index (χ4n) is 1.97. The quantitative estimate of drug-likeness (QED) is 0.681. The van der Waals surface area contributed by atoms with Crippen LogP contribution < -0.4 is 5.32 Å². The molecule has 6 heteroatoms. The Bertz CT molecular complexity index is 702. The van der Waals surface area contributed by atoms with E-state index in [4.69, 9.17) is 0 Å². The van der Waals surface area contributed by atoms with E-state index in [1.54, 1.807) is 13.0 Å². The van der Waals surface area contributed by atoms with Gasteiger partial charge in [-0.25, -0.2) is 8.78 Å². The number of halogens is 2. The topological polar surface area (TPSA) is 55.2 Å². The van der Waals surface area contributed by atoms with Gasteiger partial charge in [-0.05, 0) is 37.1 Å². The van der Waals surface area contributed by atoms with Gasteiger partial charge in [-0.2, -0.15) is 0 Å². The van der Waals surface area contributed by atoms with Gasteiger partial charge in [0.25, 0.3) is 5.69 Å². The van der Waals surface area contributed by atoms with E-state index in [1.807, 2.05) is 6.92 Å². The summed E-state index contributed by atoms with van der Waals surface area (Å²) < 4.78 is 26.7. The summed E-state index contributed by atoms with van der Waals surface area (Å²) in [5.74, 6) is -1.89. The molecule has 0 heterocycles. The van der Waals surface area contributed by atoms with Gasteiger partial charge in [0.15, 0.2) is 11.6 Å². The van der Waals surface area contributed by atoms with Gasteiger partial charge in [0.05, 0.1) is 4.92 Å². The summed E-state index contributed by atoms with van der Waals surface area (Å²) in [5, 5.41) is 13.8. The van der Waals surface area contributed by atoms with Gasteiger partial charge in [0, 0.05) is 18.2 Å². The Balaban J connectivity index is 2.29. The zero-order valence-corrected chi connectivity index (χ0v) is 11.6. The lowest BCUT2D eigenvalue weighted by Gasteiger charge is -2.10. The Kier molecular flexibility index (Phi) is 4.16. The first-order valence-electron chi connectivity index (χ1n) is 6.32. The number of anilines is 1. The molecule has 2 rings (SSSR count). The van der Waals surface area contributed by atoms with Crippen molar-refractivity contribution in [2.45, 2.75) is 20.4 Å². The molecule has 0 unspecified atom stereocenters. The van der Waals surface area contributed by atoms with E-state index in [9.17, 15) is 18.9 Å². The van der Waals surface area contributed by atoms with E-state index in [0.29, 0.717) is 0 Å². The largest absolute Gasteiger partial charge is 0.375 e. The van der Waals surface area contributed by atoms with Crippen LogP contribution in [0.2, 0.25) is 0 Å². The molecule has 4 nitrogen and oxygen atoms in total. The van der Waals surface area contributed by atoms with E-state index < -0.39 is 16.6 Å². The third-order valence-corrected chi connectivity index (χ3v) is 3.31. The summed E-state index contributed by atoms with van der Waals surface area (Å²) in [7, 11) is 0. The van der Waals surface area contributed by atoms with Crippen molar-refractivity contribution in [2.75, 3.05) is 5.32 Å². The average Bonchev–Trinajstić information content (AvgIpc) is 2.43. The zero-order chi connectivity index (χ0) is 15.6. The number of nitro benzene ring substituents is 1. The molecule has 0 aliphatic rings. The number of nitrogens with one attached hydrogen (secondary N) is 1. The van der Waals surface area contributed by atoms with E-state index >= 15 is 0 Å². The van der Waals surface area contributed by atoms with Gasteiger partial charge in [0.1, 0.15) is 5.69 Å². The molecule has 21 heavy (non-hydrogen) atoms. The summed E-state index contributed by atoms with van der Waals surface area (Å²) >= 11 is 0. The van der Waals surface area contributed by atoms with Crippen LogP contribution in [0.3, 0.4) is 0 Å². The highest BCUT2D eigenvalue weighted by Crippen LogP contribution is 2.28. The van der Waals surface area contributed by atoms with Crippen molar-refractivity contribution in [3.8, 4) is 0 Å². The van der Waals surface area contributed by atoms with Crippen molar-refractivity contribution in [3.05, 3.63) is 68.8 Å². The number of aryl methyl sites for hydroxylation is 2. The smallest absolute Gasteiger partial charge is 0.292 e. The summed E-state index contributed by atoms with van der Waals surface area (Å²) in [6.45, 7) is 3.57. The summed E-state index contributed by atoms with van der Waals surface area (Å²) in [6, 6.07) is 6.93. The number of benzene rings is 2. The molecule has 0 atom stereocenters. The first-order valence-corrected chi connectivity index (χ1v) is 6.32. The van der Waals surface area contributed by atoms with Crippen LogP contribution in [0.25, 0.3) is 0 Å². The first-order chi connectivity index (χ1) is 9.90. The maximum atomic E-state index is 13.6. The first kappa shape index (κ1) is 14.9. The summed E-state index contributed by atoms with van der Waals surface area (Å²) in [5.41, 5.74) is 1.98. The van der Waals surface area contributed by atoms with Crippen LogP contribution in [0.15, 0.2) is 30.3 Å². The fraction of sp³-hybridized carbons (Fsp3) is 0.200. The number of hydrogen-bond acceptors (Lipinski definition) is 3. The van der Waals surface area contributed by atoms with Gasteiger partial charge in [-0.15, -0.1) is 0 Å². The molecule has 0 aliphatic carbocycles. The lowest BCUT2D eigenvalue weighted by Crippen LogP contribution is -2.06. The third kappa shape index (κ3) is 3.16. The number of hydrogen-bond donors (Lipinski definition) is 1. The van der Waals surface area contributed by atoms with Crippen LogP contribution in [0.1, 0.15) is 16.7 Å². The molecule has 0 radical (unpaired) electrons. The second kappa shape index (κ2) is 5.87. The van der Waals surface area contributed by atoms with Crippen molar-refractivity contribution >= 4 is 11.4 Å². The molecule has 2 aromatic carbocycles. The molecule has 1 N–H and O–H groups in total. The molecule has 0 aromatic heterocycles. The predicted octanol–water partition coefficient (Wildman–Crippen LogP) is 4.10. The zero-order valence-electron chi connectivity index (χ0n) is 11.6. The number of nitro groups is 1. The Morgan fingerprint density at radius 1 is 1.19 bits per heavy atom. The van der Waals surface area contributed by atoms with Gasteiger partial charge < -0.3 is 5.32 Å². The van der Waals surface area contributed by atoms with Crippen molar-refractivity contribution in [1.29, 1.82) is 0 Å². The van der Waals surface area contributed by atoms with Gasteiger partial charge in [-0.3, -0.25) is 10.1 Å². The number of nitrogens with zero attached hydrogens (tertiary/aromatic N) is 1. The highest BCUT2D eigenvalue weighted by molar-refractivity contribution is 5.64. The van der Waals surface area contributed by atoms with Crippen molar-refractivity contribution in [1.82, 2.24) is 0 Å². The summed E-state index contributed by atoms with van der Waals surface area (Å²) in [4.78, 5) is 10.5. The molecular formula is C15H14F2N2O2. The molecular weight excluding hydrogens is 278 g/mol. The van der Waals surface area contributed by atoms with Crippen LogP contribution in [0.5, 0.6) is 0 Å². The predicted molar refractivity (Wildman–Crippen MR) is 76.3 cm³/mol. The van der Waals surface area contributed by atoms with E-state index in [2.05, 4.69) is 5.32 Å². The molecule has 0 saturated carbocycles. The Hall–Kier alpha value is -2.50. The Labute approximate surface area is 120 Å². The second-order valence-corrected chi connectivity index (χ2v) is 4.78. The molecule has 0 saturated heterocycles. The average molecular weight is 292 g/mol. The standard InChI is InChI=1S/C15H14F2N2O2/c1-9-6-13(14(19(20)21)7-10(9)2)18-8-11-4-3-5-12(16)15(11)17/h3-7,18H,8H2,1-2H3. The minimum Gasteiger partial charge on any atom is -0.375 e. The Morgan fingerprint density at radius 2 is 1.86 bits per heavy atom. The van der Waals surface area contributed by atoms with Crippen LogP contribution >= 0.6 is 0 Å². The van der Waals surface area contributed by atoms with Crippen molar-refractivity contribution < 1.29 is 13.7 Å². The van der Waals surface area contributed by atoms with Crippen LogP contribution in [0.4, 0.5) is 20.2 Å². The minimum absolute atomic E-state index is 0.0348. The highest BCUT2D eigenvalue weighted by atomic mass is 19.2. The maximum absolute atomic E-state index is 13.6. The molecule has 0 fully saturated rings. The lowest BCUT2D eigenvalue weighted by atomic mass is 10.1. The van der Waals surface area contributed by atoms with E-state index in [0.717, 1.165) is 17.2 Å². The maximum Gasteiger partial charge on any atom is 0.292 e. The van der Waals surface area contributed by atoms with Crippen molar-refractivity contribution in [3.63, 3.8) is 0 Å². The van der Waals surface area contributed by atoms with Gasteiger partial charge >= 0.3 is 0 Å². The lowest BCUT2D eigenvalue weighted by molar-refractivity contribution is -0.384.